The van der Waals surface area contributed by atoms with Gasteiger partial charge in [-0.25, -0.2) is 9.13 Å². The number of hydrogen-bond donors (Lipinski definition) is 3. The molecule has 0 aliphatic carbocycles. The fourth-order valence-corrected chi connectivity index (χ4v) is 14.1. The lowest BCUT2D eigenvalue weighted by molar-refractivity contribution is -0.161. The lowest BCUT2D eigenvalue weighted by atomic mass is 10.0. The van der Waals surface area contributed by atoms with Gasteiger partial charge in [0.1, 0.15) is 19.3 Å². The summed E-state index contributed by atoms with van der Waals surface area (Å²) in [5.41, 5.74) is 0. The van der Waals surface area contributed by atoms with Gasteiger partial charge in [0.25, 0.3) is 0 Å². The van der Waals surface area contributed by atoms with E-state index in [2.05, 4.69) is 41.5 Å². The largest absolute Gasteiger partial charge is 0.472 e. The molecule has 5 atom stereocenters. The van der Waals surface area contributed by atoms with Crippen LogP contribution in [0.3, 0.4) is 0 Å². The highest BCUT2D eigenvalue weighted by molar-refractivity contribution is 7.47. The minimum absolute atomic E-state index is 0.108. The van der Waals surface area contributed by atoms with Crippen molar-refractivity contribution in [1.82, 2.24) is 0 Å². The van der Waals surface area contributed by atoms with E-state index in [-0.39, 0.29) is 25.7 Å². The molecule has 3 N–H and O–H groups in total. The summed E-state index contributed by atoms with van der Waals surface area (Å²) in [7, 11) is -9.92. The van der Waals surface area contributed by atoms with Gasteiger partial charge < -0.3 is 33.8 Å². The van der Waals surface area contributed by atoms with E-state index in [1.807, 2.05) is 0 Å². The molecule has 100 heavy (non-hydrogen) atoms. The molecule has 0 amide bonds. The van der Waals surface area contributed by atoms with Gasteiger partial charge in [-0.05, 0) is 37.5 Å². The quantitative estimate of drug-likeness (QED) is 0.0222. The summed E-state index contributed by atoms with van der Waals surface area (Å²) in [6.45, 7) is 9.69. The molecule has 0 saturated carbocycles. The Morgan fingerprint density at radius 1 is 0.270 bits per heavy atom. The molecule has 19 heteroatoms. The first-order valence-electron chi connectivity index (χ1n) is 42.0. The molecule has 17 nitrogen and oxygen atoms in total. The summed E-state index contributed by atoms with van der Waals surface area (Å²) < 4.78 is 68.8. The van der Waals surface area contributed by atoms with Crippen LogP contribution in [0.2, 0.25) is 0 Å². The smallest absolute Gasteiger partial charge is 0.462 e. The molecule has 0 aliphatic heterocycles. The SMILES string of the molecule is CCCCCCCCCCCCCCCCC(=O)O[C@H](COC(=O)CCCCCCCCCCCCCC)COP(=O)(O)OC[C@H](O)COP(=O)(O)OC[C@@H](COC(=O)CCCCCCCCCCCCCCCC(C)C)OC(=O)CCCCCCCCCCCCCCCCCC(C)C. The van der Waals surface area contributed by atoms with Crippen LogP contribution in [0, 0.1) is 11.8 Å². The Kier molecular flexibility index (Phi) is 71.2. The van der Waals surface area contributed by atoms with Crippen molar-refractivity contribution in [2.24, 2.45) is 11.8 Å². The molecular formula is C81H158O17P2. The van der Waals surface area contributed by atoms with E-state index in [4.69, 9.17) is 37.0 Å². The molecular weight excluding hydrogens is 1310 g/mol. The lowest BCUT2D eigenvalue weighted by Gasteiger charge is -2.21. The first-order chi connectivity index (χ1) is 48.4. The van der Waals surface area contributed by atoms with Crippen molar-refractivity contribution >= 4 is 39.5 Å². The van der Waals surface area contributed by atoms with Crippen LogP contribution in [0.15, 0.2) is 0 Å². The normalized spacial score (nSPS) is 13.9. The predicted molar refractivity (Wildman–Crippen MR) is 409 cm³/mol. The summed E-state index contributed by atoms with van der Waals surface area (Å²) in [4.78, 5) is 73.1. The van der Waals surface area contributed by atoms with E-state index in [1.54, 1.807) is 0 Å². The van der Waals surface area contributed by atoms with Crippen LogP contribution >= 0.6 is 15.6 Å². The molecule has 0 heterocycles. The Balaban J connectivity index is 5.26. The van der Waals surface area contributed by atoms with Crippen LogP contribution < -0.4 is 0 Å². The standard InChI is InChI=1S/C81H158O17P2/c1-7-9-11-13-15-17-19-21-28-35-41-47-53-59-65-80(85)97-76(69-91-78(83)63-57-51-45-39-33-20-18-16-14-12-10-8-2)71-95-99(87,88)93-67-75(82)68-94-100(89,90)96-72-77(70-92-79(84)64-58-52-46-40-34-30-25-27-32-38-44-50-56-62-74(5)6)98-81(86)66-60-54-48-42-36-29-24-22-23-26-31-37-43-49-55-61-73(3)4/h73-77,82H,7-72H2,1-6H3,(H,87,88)(H,89,90)/t75-,76+,77+/m0/s1. The second-order valence-electron chi connectivity index (χ2n) is 30.1. The van der Waals surface area contributed by atoms with E-state index < -0.39 is 97.5 Å². The summed E-state index contributed by atoms with van der Waals surface area (Å²) in [6.07, 6.45) is 62.2. The van der Waals surface area contributed by atoms with Crippen LogP contribution in [0.1, 0.15) is 427 Å². The maximum atomic E-state index is 13.1. The molecule has 0 spiro atoms. The predicted octanol–water partition coefficient (Wildman–Crippen LogP) is 24.3. The number of esters is 4. The Hall–Kier alpha value is -1.94. The summed E-state index contributed by atoms with van der Waals surface area (Å²) in [6, 6.07) is 0. The third kappa shape index (κ3) is 74.3. The number of aliphatic hydroxyl groups excluding tert-OH is 1. The van der Waals surface area contributed by atoms with Gasteiger partial charge in [0.2, 0.25) is 0 Å². The Morgan fingerprint density at radius 2 is 0.460 bits per heavy atom. The van der Waals surface area contributed by atoms with Crippen LogP contribution in [0.4, 0.5) is 0 Å². The fourth-order valence-electron chi connectivity index (χ4n) is 12.5. The first kappa shape index (κ1) is 98.1. The van der Waals surface area contributed by atoms with E-state index in [1.165, 1.54) is 244 Å². The van der Waals surface area contributed by atoms with Crippen molar-refractivity contribution in [3.8, 4) is 0 Å². The van der Waals surface area contributed by atoms with Gasteiger partial charge in [-0.15, -0.1) is 0 Å². The maximum absolute atomic E-state index is 13.1. The molecule has 0 saturated heterocycles. The number of ether oxygens (including phenoxy) is 4. The van der Waals surface area contributed by atoms with Crippen molar-refractivity contribution in [3.63, 3.8) is 0 Å². The van der Waals surface area contributed by atoms with Gasteiger partial charge in [0, 0.05) is 25.7 Å². The molecule has 2 unspecified atom stereocenters. The summed E-state index contributed by atoms with van der Waals surface area (Å²) in [5.74, 6) is -0.511. The fraction of sp³-hybridized carbons (Fsp3) is 0.951. The molecule has 0 aliphatic rings. The summed E-state index contributed by atoms with van der Waals surface area (Å²) in [5, 5.41) is 10.6. The number of phosphoric acid groups is 2. The van der Waals surface area contributed by atoms with Crippen molar-refractivity contribution in [1.29, 1.82) is 0 Å². The highest BCUT2D eigenvalue weighted by Crippen LogP contribution is 2.45. The Bertz CT molecular complexity index is 1920. The van der Waals surface area contributed by atoms with Crippen LogP contribution in [0.5, 0.6) is 0 Å². The zero-order valence-corrected chi connectivity index (χ0v) is 67.3. The van der Waals surface area contributed by atoms with E-state index in [0.29, 0.717) is 25.7 Å². The van der Waals surface area contributed by atoms with Gasteiger partial charge in [0.15, 0.2) is 12.2 Å². The summed E-state index contributed by atoms with van der Waals surface area (Å²) >= 11 is 0. The van der Waals surface area contributed by atoms with Gasteiger partial charge in [-0.2, -0.15) is 0 Å². The Labute approximate surface area is 613 Å². The number of aliphatic hydroxyl groups is 1. The molecule has 0 radical (unpaired) electrons. The third-order valence-corrected chi connectivity index (χ3v) is 20.9. The number of rotatable bonds is 80. The molecule has 0 fully saturated rings. The molecule has 0 aromatic rings. The van der Waals surface area contributed by atoms with E-state index in [9.17, 15) is 43.2 Å². The van der Waals surface area contributed by atoms with Crippen molar-refractivity contribution in [2.45, 2.75) is 445 Å². The van der Waals surface area contributed by atoms with Crippen molar-refractivity contribution in [2.75, 3.05) is 39.6 Å². The molecule has 0 aromatic heterocycles. The highest BCUT2D eigenvalue weighted by atomic mass is 31.2. The van der Waals surface area contributed by atoms with E-state index >= 15 is 0 Å². The zero-order chi connectivity index (χ0) is 73.5. The number of hydrogen-bond acceptors (Lipinski definition) is 15. The zero-order valence-electron chi connectivity index (χ0n) is 65.5. The monoisotopic (exact) mass is 1470 g/mol. The minimum Gasteiger partial charge on any atom is -0.462 e. The second kappa shape index (κ2) is 72.6. The number of unbranched alkanes of at least 4 members (excludes halogenated alkanes) is 50. The van der Waals surface area contributed by atoms with E-state index in [0.717, 1.165) is 102 Å². The van der Waals surface area contributed by atoms with Crippen molar-refractivity contribution in [3.05, 3.63) is 0 Å². The average Bonchev–Trinajstić information content (AvgIpc) is 0.941. The number of phosphoric ester groups is 2. The van der Waals surface area contributed by atoms with Crippen molar-refractivity contribution < 1.29 is 80.2 Å². The van der Waals surface area contributed by atoms with Crippen LogP contribution in [-0.2, 0) is 65.4 Å². The van der Waals surface area contributed by atoms with Gasteiger partial charge in [-0.1, -0.05) is 375 Å². The van der Waals surface area contributed by atoms with Crippen LogP contribution in [-0.4, -0.2) is 96.7 Å². The third-order valence-electron chi connectivity index (χ3n) is 19.0. The van der Waals surface area contributed by atoms with Gasteiger partial charge in [0.05, 0.1) is 26.4 Å². The number of carbonyl (C=O) groups is 4. The minimum atomic E-state index is -4.96. The maximum Gasteiger partial charge on any atom is 0.472 e. The van der Waals surface area contributed by atoms with Crippen LogP contribution in [0.25, 0.3) is 0 Å². The first-order valence-corrected chi connectivity index (χ1v) is 45.0. The van der Waals surface area contributed by atoms with Gasteiger partial charge >= 0.3 is 39.5 Å². The molecule has 0 rings (SSSR count). The molecule has 0 bridgehead atoms. The highest BCUT2D eigenvalue weighted by Gasteiger charge is 2.30. The number of carbonyl (C=O) groups excluding carboxylic acids is 4. The van der Waals surface area contributed by atoms with Gasteiger partial charge in [-0.3, -0.25) is 37.3 Å². The Morgan fingerprint density at radius 3 is 0.680 bits per heavy atom. The topological polar surface area (TPSA) is 237 Å². The lowest BCUT2D eigenvalue weighted by Crippen LogP contribution is -2.30. The molecule has 0 aromatic carbocycles. The molecule has 594 valence electrons. The average molecular weight is 1470 g/mol. The second-order valence-corrected chi connectivity index (χ2v) is 33.0.